The fourth-order valence-corrected chi connectivity index (χ4v) is 1.43. The average Bonchev–Trinajstić information content (AvgIpc) is 2.03. The van der Waals surface area contributed by atoms with Crippen molar-refractivity contribution in [3.05, 3.63) is 12.4 Å². The molecule has 0 aliphatic heterocycles. The Hall–Kier alpha value is -0.890. The summed E-state index contributed by atoms with van der Waals surface area (Å²) < 4.78 is 11.6. The summed E-state index contributed by atoms with van der Waals surface area (Å²) in [7, 11) is -0.518. The van der Waals surface area contributed by atoms with E-state index >= 15 is 0 Å². The van der Waals surface area contributed by atoms with Gasteiger partial charge in [-0.05, 0) is 13.3 Å². The van der Waals surface area contributed by atoms with E-state index < -0.39 is 7.14 Å². The van der Waals surface area contributed by atoms with E-state index in [0.717, 1.165) is 0 Å². The summed E-state index contributed by atoms with van der Waals surface area (Å²) in [4.78, 5) is 8.05. The van der Waals surface area contributed by atoms with Crippen molar-refractivity contribution in [1.29, 1.82) is 0 Å². The van der Waals surface area contributed by atoms with Crippen molar-refractivity contribution in [2.24, 2.45) is 0 Å². The van der Waals surface area contributed by atoms with E-state index in [9.17, 15) is 4.57 Å². The minimum absolute atomic E-state index is 0.564. The van der Waals surface area contributed by atoms with Crippen LogP contribution in [0.3, 0.4) is 0 Å². The third-order valence-corrected chi connectivity index (χ3v) is 2.75. The number of nitrogens with zero attached hydrogens (tertiary/aromatic N) is 2. The number of hydrogen-bond donors (Lipinski definition) is 1. The molecule has 0 radical (unpaired) electrons. The summed E-state index contributed by atoms with van der Waals surface area (Å²) in [6, 6.07) is 0. The molecule has 0 atom stereocenters. The van der Waals surface area contributed by atoms with Crippen LogP contribution in [0, 0.1) is 0 Å². The molecule has 0 saturated heterocycles. The van der Waals surface area contributed by atoms with Gasteiger partial charge < -0.3 is 9.88 Å². The SMILES string of the molecule is CNc1cncc(P(C)(C)=O)n1. The Bertz CT molecular complexity index is 320. The summed E-state index contributed by atoms with van der Waals surface area (Å²) >= 11 is 0. The van der Waals surface area contributed by atoms with Crippen LogP contribution in [0.25, 0.3) is 0 Å². The largest absolute Gasteiger partial charge is 0.372 e. The summed E-state index contributed by atoms with van der Waals surface area (Å²) in [5.74, 6) is 0.649. The average molecular weight is 185 g/mol. The van der Waals surface area contributed by atoms with Crippen LogP contribution in [0.1, 0.15) is 0 Å². The first-order valence-corrected chi connectivity index (χ1v) is 6.19. The van der Waals surface area contributed by atoms with Crippen LogP contribution in [0.2, 0.25) is 0 Å². The number of nitrogens with one attached hydrogen (secondary N) is 1. The predicted molar refractivity (Wildman–Crippen MR) is 50.7 cm³/mol. The van der Waals surface area contributed by atoms with Gasteiger partial charge in [-0.2, -0.15) is 0 Å². The Labute approximate surface area is 71.8 Å². The first kappa shape index (κ1) is 9.20. The van der Waals surface area contributed by atoms with E-state index in [0.29, 0.717) is 11.3 Å². The van der Waals surface area contributed by atoms with Gasteiger partial charge in [0.1, 0.15) is 18.4 Å². The van der Waals surface area contributed by atoms with Crippen LogP contribution in [-0.4, -0.2) is 30.3 Å². The fraction of sp³-hybridized carbons (Fsp3) is 0.429. The lowest BCUT2D eigenvalue weighted by atomic mass is 10.7. The molecule has 0 bridgehead atoms. The van der Waals surface area contributed by atoms with E-state index in [1.54, 1.807) is 32.8 Å². The van der Waals surface area contributed by atoms with Crippen molar-refractivity contribution in [1.82, 2.24) is 9.97 Å². The number of hydrogen-bond acceptors (Lipinski definition) is 4. The normalized spacial score (nSPS) is 11.2. The number of anilines is 1. The van der Waals surface area contributed by atoms with E-state index in [1.807, 2.05) is 0 Å². The molecule has 1 N–H and O–H groups in total. The maximum Gasteiger partial charge on any atom is 0.145 e. The van der Waals surface area contributed by atoms with Crippen molar-refractivity contribution in [3.63, 3.8) is 0 Å². The molecule has 66 valence electrons. The molecule has 1 rings (SSSR count). The van der Waals surface area contributed by atoms with Crippen molar-refractivity contribution in [2.45, 2.75) is 0 Å². The Kier molecular flexibility index (Phi) is 2.48. The second kappa shape index (κ2) is 3.23. The molecule has 0 aliphatic rings. The zero-order valence-electron chi connectivity index (χ0n) is 7.40. The Morgan fingerprint density at radius 3 is 2.58 bits per heavy atom. The molecule has 0 spiro atoms. The van der Waals surface area contributed by atoms with E-state index in [1.165, 1.54) is 0 Å². The van der Waals surface area contributed by atoms with Crippen molar-refractivity contribution in [3.8, 4) is 0 Å². The highest BCUT2D eigenvalue weighted by atomic mass is 31.2. The van der Waals surface area contributed by atoms with E-state index in [-0.39, 0.29) is 0 Å². The molecule has 0 saturated carbocycles. The number of rotatable bonds is 2. The van der Waals surface area contributed by atoms with Gasteiger partial charge in [0.25, 0.3) is 0 Å². The summed E-state index contributed by atoms with van der Waals surface area (Å²) in [6.07, 6.45) is 3.14. The van der Waals surface area contributed by atoms with E-state index in [2.05, 4.69) is 15.3 Å². The maximum atomic E-state index is 11.6. The molecule has 5 heteroatoms. The van der Waals surface area contributed by atoms with Gasteiger partial charge in [-0.3, -0.25) is 4.98 Å². The lowest BCUT2D eigenvalue weighted by molar-refractivity contribution is 0.587. The topological polar surface area (TPSA) is 54.9 Å². The van der Waals surface area contributed by atoms with Crippen LogP contribution in [0.5, 0.6) is 0 Å². The van der Waals surface area contributed by atoms with Gasteiger partial charge in [0, 0.05) is 7.05 Å². The van der Waals surface area contributed by atoms with Crippen LogP contribution in [-0.2, 0) is 4.57 Å². The molecular formula is C7H12N3OP. The summed E-state index contributed by atoms with van der Waals surface area (Å²) in [6.45, 7) is 3.35. The molecule has 0 aromatic carbocycles. The molecule has 0 unspecified atom stereocenters. The van der Waals surface area contributed by atoms with Gasteiger partial charge in [0.15, 0.2) is 0 Å². The molecule has 0 aliphatic carbocycles. The Morgan fingerprint density at radius 1 is 1.42 bits per heavy atom. The van der Waals surface area contributed by atoms with Crippen molar-refractivity contribution in [2.75, 3.05) is 25.7 Å². The smallest absolute Gasteiger partial charge is 0.145 e. The highest BCUT2D eigenvalue weighted by Gasteiger charge is 2.12. The molecule has 1 aromatic heterocycles. The van der Waals surface area contributed by atoms with Crippen LogP contribution >= 0.6 is 7.14 Å². The third-order valence-electron chi connectivity index (χ3n) is 1.43. The standard InChI is InChI=1S/C7H12N3OP/c1-8-6-4-9-5-7(10-6)12(2,3)11/h4-5H,1-3H3,(H,8,10). The Morgan fingerprint density at radius 2 is 2.08 bits per heavy atom. The first-order chi connectivity index (χ1) is 5.54. The van der Waals surface area contributed by atoms with Gasteiger partial charge in [0.2, 0.25) is 0 Å². The molecule has 1 aromatic rings. The summed E-state index contributed by atoms with van der Waals surface area (Å²) in [5, 5.41) is 2.84. The van der Waals surface area contributed by atoms with E-state index in [4.69, 9.17) is 0 Å². The quantitative estimate of drug-likeness (QED) is 0.691. The minimum atomic E-state index is -2.27. The Balaban J connectivity index is 3.11. The molecule has 1 heterocycles. The highest BCUT2D eigenvalue weighted by molar-refractivity contribution is 7.69. The third kappa shape index (κ3) is 2.05. The molecular weight excluding hydrogens is 173 g/mol. The van der Waals surface area contributed by atoms with Crippen LogP contribution in [0.15, 0.2) is 12.4 Å². The highest BCUT2D eigenvalue weighted by Crippen LogP contribution is 2.33. The van der Waals surface area contributed by atoms with Crippen LogP contribution in [0.4, 0.5) is 5.82 Å². The monoisotopic (exact) mass is 185 g/mol. The summed E-state index contributed by atoms with van der Waals surface area (Å²) in [5.41, 5.74) is 0.564. The van der Waals surface area contributed by atoms with Gasteiger partial charge in [0.05, 0.1) is 12.4 Å². The second-order valence-corrected chi connectivity index (χ2v) is 6.02. The van der Waals surface area contributed by atoms with Gasteiger partial charge in [-0.1, -0.05) is 0 Å². The molecule has 12 heavy (non-hydrogen) atoms. The van der Waals surface area contributed by atoms with Crippen LogP contribution < -0.4 is 10.8 Å². The predicted octanol–water partition coefficient (Wildman–Crippen LogP) is 0.766. The number of aromatic nitrogens is 2. The van der Waals surface area contributed by atoms with Gasteiger partial charge in [-0.25, -0.2) is 4.98 Å². The molecule has 0 amide bonds. The van der Waals surface area contributed by atoms with Gasteiger partial charge in [-0.15, -0.1) is 0 Å². The first-order valence-electron chi connectivity index (χ1n) is 3.59. The zero-order chi connectivity index (χ0) is 9.19. The lowest BCUT2D eigenvalue weighted by Gasteiger charge is -2.06. The fourth-order valence-electron chi connectivity index (χ4n) is 0.736. The maximum absolute atomic E-state index is 11.6. The molecule has 0 fully saturated rings. The lowest BCUT2D eigenvalue weighted by Crippen LogP contribution is -2.11. The van der Waals surface area contributed by atoms with Crippen molar-refractivity contribution >= 4 is 18.4 Å². The molecule has 4 nitrogen and oxygen atoms in total. The van der Waals surface area contributed by atoms with Gasteiger partial charge >= 0.3 is 0 Å². The second-order valence-electron chi connectivity index (χ2n) is 2.86. The minimum Gasteiger partial charge on any atom is -0.372 e. The van der Waals surface area contributed by atoms with Crippen molar-refractivity contribution < 1.29 is 4.57 Å². The zero-order valence-corrected chi connectivity index (χ0v) is 8.30.